The number of hydrogen-bond donors (Lipinski definition) is 0. The van der Waals surface area contributed by atoms with E-state index in [0.717, 1.165) is 189 Å². The molecule has 0 aliphatic heterocycles. The zero-order valence-corrected chi connectivity index (χ0v) is 69.1. The van der Waals surface area contributed by atoms with Gasteiger partial charge in [0.1, 0.15) is 0 Å². The maximum atomic E-state index is 5.54. The summed E-state index contributed by atoms with van der Waals surface area (Å²) in [5.41, 5.74) is 28.0. The normalized spacial score (nSPS) is 11.3. The second-order valence-corrected chi connectivity index (χ2v) is 31.4. The number of rotatable bonds is 19. The predicted octanol–water partition coefficient (Wildman–Crippen LogP) is 28.4. The number of aromatic nitrogens is 12. The van der Waals surface area contributed by atoms with Gasteiger partial charge in [-0.25, -0.2) is 49.8 Å². The predicted molar refractivity (Wildman–Crippen MR) is 518 cm³/mol. The van der Waals surface area contributed by atoms with Crippen molar-refractivity contribution in [2.24, 2.45) is 0 Å². The van der Waals surface area contributed by atoms with E-state index in [-0.39, 0.29) is 0 Å². The molecule has 0 saturated carbocycles. The minimum absolute atomic E-state index is 0.539. The molecule has 0 saturated heterocycles. The first-order valence-electron chi connectivity index (χ1n) is 42.6. The number of benzene rings is 16. The summed E-state index contributed by atoms with van der Waals surface area (Å²) in [4.78, 5) is 62.4. The summed E-state index contributed by atoms with van der Waals surface area (Å²) in [6.45, 7) is 0. The molecule has 0 atom stereocenters. The largest absolute Gasteiger partial charge is 0.264 e. The van der Waals surface area contributed by atoms with E-state index in [1.807, 2.05) is 152 Å². The zero-order valence-electron chi connectivity index (χ0n) is 69.1. The molecule has 0 aliphatic carbocycles. The molecule has 0 fully saturated rings. The SMILES string of the molecule is c1ccc(-c2cc(-c3ccc4cc(-c5cccc(-c6nc(-c7ccccc7)nc(-c7cccc(-c8cccc(-c9ccccc9-c9cc(-c%10cccc%11ccccc%10%11)nc(-c%10ccccc%10)n9)c8-c8cccnc8)c7)n6)c5)ccc4c3)nc(-c3ccccc3-c3cccc(-c4ccc(-c5nc(-c6ccccc6)nc(-c6ccccc6)n5)cc4)c3-c3ccccn3)n2)cc1. The lowest BCUT2D eigenvalue weighted by atomic mass is 9.85. The second kappa shape index (κ2) is 34.1. The van der Waals surface area contributed by atoms with Crippen molar-refractivity contribution in [3.63, 3.8) is 0 Å². The Morgan fingerprint density at radius 2 is 0.500 bits per heavy atom. The number of hydrogen-bond acceptors (Lipinski definition) is 12. The highest BCUT2D eigenvalue weighted by Gasteiger charge is 2.26. The average molecular weight is 1640 g/mol. The van der Waals surface area contributed by atoms with Gasteiger partial charge in [-0.2, -0.15) is 0 Å². The maximum Gasteiger partial charge on any atom is 0.164 e. The van der Waals surface area contributed by atoms with Crippen LogP contribution in [0.2, 0.25) is 0 Å². The van der Waals surface area contributed by atoms with Crippen molar-refractivity contribution in [1.29, 1.82) is 0 Å². The molecular formula is C116H74N12. The van der Waals surface area contributed by atoms with Gasteiger partial charge in [-0.15, -0.1) is 0 Å². The first-order chi connectivity index (χ1) is 63.4. The molecule has 0 radical (unpaired) electrons. The van der Waals surface area contributed by atoms with Crippen LogP contribution in [0.1, 0.15) is 0 Å². The third kappa shape index (κ3) is 15.4. The van der Waals surface area contributed by atoms with Crippen molar-refractivity contribution in [2.75, 3.05) is 0 Å². The molecule has 598 valence electrons. The van der Waals surface area contributed by atoms with Crippen LogP contribution in [0.5, 0.6) is 0 Å². The summed E-state index contributed by atoms with van der Waals surface area (Å²) in [5.74, 6) is 4.67. The summed E-state index contributed by atoms with van der Waals surface area (Å²) in [7, 11) is 0. The monoisotopic (exact) mass is 1630 g/mol. The molecule has 0 spiro atoms. The van der Waals surface area contributed by atoms with Crippen LogP contribution in [-0.2, 0) is 0 Å². The number of nitrogens with zero attached hydrogens (tertiary/aromatic N) is 12. The van der Waals surface area contributed by atoms with Crippen LogP contribution in [0.3, 0.4) is 0 Å². The van der Waals surface area contributed by atoms with E-state index in [1.54, 1.807) is 0 Å². The van der Waals surface area contributed by atoms with Crippen molar-refractivity contribution >= 4 is 21.5 Å². The van der Waals surface area contributed by atoms with Crippen LogP contribution in [0.4, 0.5) is 0 Å². The Labute approximate surface area is 740 Å². The zero-order chi connectivity index (χ0) is 85.1. The first kappa shape index (κ1) is 76.6. The van der Waals surface area contributed by atoms with Crippen molar-refractivity contribution in [2.45, 2.75) is 0 Å². The lowest BCUT2D eigenvalue weighted by Crippen LogP contribution is -2.00. The highest BCUT2D eigenvalue weighted by atomic mass is 15.0. The van der Waals surface area contributed by atoms with Crippen LogP contribution in [-0.4, -0.2) is 59.8 Å². The Morgan fingerprint density at radius 3 is 1.09 bits per heavy atom. The molecule has 6 heterocycles. The van der Waals surface area contributed by atoms with Gasteiger partial charge in [0, 0.05) is 96.5 Å². The molecule has 128 heavy (non-hydrogen) atoms. The Kier molecular flexibility index (Phi) is 20.4. The molecule has 0 unspecified atom stereocenters. The lowest BCUT2D eigenvalue weighted by molar-refractivity contribution is 1.07. The second-order valence-electron chi connectivity index (χ2n) is 31.4. The minimum atomic E-state index is 0.539. The number of fused-ring (bicyclic) bond motifs is 2. The molecular weight excluding hydrogens is 1560 g/mol. The van der Waals surface area contributed by atoms with Gasteiger partial charge in [-0.3, -0.25) is 9.97 Å². The van der Waals surface area contributed by atoms with Crippen molar-refractivity contribution < 1.29 is 0 Å². The van der Waals surface area contributed by atoms with E-state index >= 15 is 0 Å². The smallest absolute Gasteiger partial charge is 0.164 e. The quantitative estimate of drug-likeness (QED) is 0.0757. The summed E-state index contributed by atoms with van der Waals surface area (Å²) in [5, 5.41) is 4.39. The van der Waals surface area contributed by atoms with Crippen molar-refractivity contribution in [1.82, 2.24) is 59.8 Å². The Balaban J connectivity index is 0.591. The van der Waals surface area contributed by atoms with Gasteiger partial charge in [0.2, 0.25) is 0 Å². The van der Waals surface area contributed by atoms with Crippen LogP contribution in [0.15, 0.2) is 449 Å². The van der Waals surface area contributed by atoms with Crippen LogP contribution in [0.25, 0.3) is 236 Å². The van der Waals surface area contributed by atoms with Gasteiger partial charge in [0.15, 0.2) is 46.6 Å². The maximum absolute atomic E-state index is 5.54. The Hall–Kier alpha value is -17.5. The Morgan fingerprint density at radius 1 is 0.141 bits per heavy atom. The summed E-state index contributed by atoms with van der Waals surface area (Å²) >= 11 is 0. The molecule has 22 aromatic rings. The van der Waals surface area contributed by atoms with Crippen LogP contribution < -0.4 is 0 Å². The molecule has 22 rings (SSSR count). The van der Waals surface area contributed by atoms with Gasteiger partial charge in [-0.05, 0) is 137 Å². The molecule has 12 heteroatoms. The number of pyridine rings is 2. The van der Waals surface area contributed by atoms with Gasteiger partial charge in [0.05, 0.1) is 28.5 Å². The molecule has 0 bridgehead atoms. The topological polar surface area (TPSA) is 155 Å². The minimum Gasteiger partial charge on any atom is -0.264 e. The van der Waals surface area contributed by atoms with E-state index in [9.17, 15) is 0 Å². The summed E-state index contributed by atoms with van der Waals surface area (Å²) in [6, 6.07) is 149. The third-order valence-electron chi connectivity index (χ3n) is 23.4. The van der Waals surface area contributed by atoms with Gasteiger partial charge in [0.25, 0.3) is 0 Å². The van der Waals surface area contributed by atoms with Crippen molar-refractivity contribution in [3.05, 3.63) is 449 Å². The van der Waals surface area contributed by atoms with Gasteiger partial charge in [-0.1, -0.05) is 376 Å². The third-order valence-corrected chi connectivity index (χ3v) is 23.4. The summed E-state index contributed by atoms with van der Waals surface area (Å²) in [6.07, 6.45) is 5.62. The van der Waals surface area contributed by atoms with Crippen molar-refractivity contribution in [3.8, 4) is 214 Å². The lowest BCUT2D eigenvalue weighted by Gasteiger charge is -2.19. The molecule has 0 N–H and O–H groups in total. The molecule has 6 aromatic heterocycles. The van der Waals surface area contributed by atoms with Gasteiger partial charge < -0.3 is 0 Å². The van der Waals surface area contributed by atoms with Crippen LogP contribution >= 0.6 is 0 Å². The average Bonchev–Trinajstić information content (AvgIpc) is 0.761. The molecule has 0 amide bonds. The fraction of sp³-hybridized carbons (Fsp3) is 0. The van der Waals surface area contributed by atoms with Gasteiger partial charge >= 0.3 is 0 Å². The highest BCUT2D eigenvalue weighted by Crippen LogP contribution is 2.48. The Bertz CT molecular complexity index is 7840. The molecule has 16 aromatic carbocycles. The molecule has 0 aliphatic rings. The molecule has 12 nitrogen and oxygen atoms in total. The van der Waals surface area contributed by atoms with E-state index in [0.29, 0.717) is 46.6 Å². The van der Waals surface area contributed by atoms with E-state index in [4.69, 9.17) is 59.8 Å². The van der Waals surface area contributed by atoms with E-state index < -0.39 is 0 Å². The standard InChI is InChI=1S/C116H74N12/c1-6-31-77(32-7-1)103-72-104(120-116(119-103)101-51-21-19-49-96(101)100-56-27-52-93(108(100)102-57-22-23-67-118-102)76-58-60-82(61-59-76)113-124-110(79-35-10-3-11-36-79)123-111(125-113)80-37-12-4-13-38-80)88-65-64-85-68-84(62-63-86(85)69-88)83-42-24-44-89(70-83)114-126-112(81-39-14-5-15-40-81)127-115(128-114)90-45-25-43-87(71-90)94-53-28-55-99(107(94)91-46-29-66-117-74-91)95-48-18-20-50-98(95)106-73-105(121-109(122-106)78-33-8-2-9-34-78)97-54-26-41-75-30-16-17-47-92(75)97/h1-74H. The van der Waals surface area contributed by atoms with Crippen LogP contribution in [0, 0.1) is 0 Å². The highest BCUT2D eigenvalue weighted by molar-refractivity contribution is 6.02. The first-order valence-corrected chi connectivity index (χ1v) is 42.6. The summed E-state index contributed by atoms with van der Waals surface area (Å²) < 4.78 is 0. The fourth-order valence-electron chi connectivity index (χ4n) is 17.2. The van der Waals surface area contributed by atoms with E-state index in [1.165, 1.54) is 0 Å². The fourth-order valence-corrected chi connectivity index (χ4v) is 17.2. The van der Waals surface area contributed by atoms with E-state index in [2.05, 4.69) is 297 Å².